The zero-order chi connectivity index (χ0) is 31.6. The molecular formula is C48H48. The molecule has 0 radical (unpaired) electrons. The maximum absolute atomic E-state index is 2.81. The minimum absolute atomic E-state index is 0.418. The molecule has 0 saturated heterocycles. The molecule has 3 aromatic rings. The lowest BCUT2D eigenvalue weighted by molar-refractivity contribution is 0.259. The average molecular weight is 625 g/mol. The Bertz CT molecular complexity index is 1950. The normalized spacial score (nSPS) is 30.0. The monoisotopic (exact) mass is 624 g/mol. The molecule has 0 nitrogen and oxygen atoms in total. The Morgan fingerprint density at radius 3 is 2.27 bits per heavy atom. The molecule has 6 unspecified atom stereocenters. The van der Waals surface area contributed by atoms with Crippen molar-refractivity contribution >= 4 is 5.57 Å². The highest BCUT2D eigenvalue weighted by atomic mass is 14.5. The quantitative estimate of drug-likeness (QED) is 0.254. The summed E-state index contributed by atoms with van der Waals surface area (Å²) < 4.78 is 0. The van der Waals surface area contributed by atoms with Gasteiger partial charge in [-0.25, -0.2) is 0 Å². The van der Waals surface area contributed by atoms with Crippen LogP contribution in [-0.2, 0) is 25.7 Å². The van der Waals surface area contributed by atoms with Crippen LogP contribution in [0.15, 0.2) is 132 Å². The summed E-state index contributed by atoms with van der Waals surface area (Å²) >= 11 is 0. The molecule has 0 N–H and O–H groups in total. The van der Waals surface area contributed by atoms with Crippen molar-refractivity contribution in [1.82, 2.24) is 0 Å². The molecule has 0 amide bonds. The van der Waals surface area contributed by atoms with E-state index >= 15 is 0 Å². The maximum atomic E-state index is 2.81. The first-order valence-electron chi connectivity index (χ1n) is 19.3. The summed E-state index contributed by atoms with van der Waals surface area (Å²) in [6.07, 6.45) is 32.8. The molecule has 0 fully saturated rings. The predicted molar refractivity (Wildman–Crippen MR) is 200 cm³/mol. The number of hydrogen-bond acceptors (Lipinski definition) is 0. The summed E-state index contributed by atoms with van der Waals surface area (Å²) in [4.78, 5) is 0. The van der Waals surface area contributed by atoms with E-state index in [4.69, 9.17) is 0 Å². The van der Waals surface area contributed by atoms with Crippen LogP contribution in [-0.4, -0.2) is 0 Å². The molecule has 0 saturated carbocycles. The molecular weight excluding hydrogens is 577 g/mol. The average Bonchev–Trinajstić information content (AvgIpc) is 3.15. The van der Waals surface area contributed by atoms with Crippen LogP contribution < -0.4 is 0 Å². The Labute approximate surface area is 287 Å². The first-order valence-corrected chi connectivity index (χ1v) is 19.3. The first kappa shape index (κ1) is 29.1. The Hall–Kier alpha value is -3.90. The number of benzene rings is 3. The van der Waals surface area contributed by atoms with Crippen molar-refractivity contribution in [3.05, 3.63) is 170 Å². The van der Waals surface area contributed by atoms with E-state index in [2.05, 4.69) is 109 Å². The third kappa shape index (κ3) is 4.62. The van der Waals surface area contributed by atoms with Gasteiger partial charge in [-0.1, -0.05) is 115 Å². The molecule has 10 rings (SSSR count). The highest BCUT2D eigenvalue weighted by Crippen LogP contribution is 2.61. The van der Waals surface area contributed by atoms with E-state index in [1.54, 1.807) is 61.2 Å². The molecule has 48 heavy (non-hydrogen) atoms. The van der Waals surface area contributed by atoms with E-state index in [1.807, 2.05) is 0 Å². The van der Waals surface area contributed by atoms with Crippen molar-refractivity contribution in [3.8, 4) is 0 Å². The number of aryl methyl sites for hydroxylation is 2. The predicted octanol–water partition coefficient (Wildman–Crippen LogP) is 11.8. The lowest BCUT2D eigenvalue weighted by atomic mass is 9.54. The summed E-state index contributed by atoms with van der Waals surface area (Å²) in [5, 5.41) is 0. The van der Waals surface area contributed by atoms with E-state index in [-0.39, 0.29) is 0 Å². The molecule has 0 bridgehead atoms. The highest BCUT2D eigenvalue weighted by molar-refractivity contribution is 5.89. The molecule has 6 atom stereocenters. The Balaban J connectivity index is 1.23. The van der Waals surface area contributed by atoms with E-state index in [1.165, 1.54) is 82.6 Å². The standard InChI is InChI=1S/C48H48/c1-2-16-33(17-3-1)46-38-23-9-6-18-34(38)28-35-29-44-45(30-43(35)46)48(40-27-13-20-32-15-5-8-22-37(32)40)42-25-11-10-24-41(42)47(44)39-26-12-19-31-14-4-7-21-36(31)39/h1-3,6,9-13,16-17,19-20,24-27,30,34,38,41,44,46-47H,4-5,7-8,14-15,18,21-23,28-29H2. The van der Waals surface area contributed by atoms with Gasteiger partial charge in [0, 0.05) is 17.8 Å². The molecule has 0 spiro atoms. The first-order chi connectivity index (χ1) is 23.8. The van der Waals surface area contributed by atoms with Crippen LogP contribution in [0.3, 0.4) is 0 Å². The molecule has 7 aliphatic rings. The fraction of sp³-hybridized carbons (Fsp3) is 0.375. The fourth-order valence-electron chi connectivity index (χ4n) is 11.5. The van der Waals surface area contributed by atoms with Gasteiger partial charge in [-0.15, -0.1) is 0 Å². The van der Waals surface area contributed by atoms with Gasteiger partial charge in [-0.05, 0) is 156 Å². The summed E-state index contributed by atoms with van der Waals surface area (Å²) in [7, 11) is 0. The van der Waals surface area contributed by atoms with Crippen LogP contribution in [0.4, 0.5) is 0 Å². The summed E-state index contributed by atoms with van der Waals surface area (Å²) in [5.41, 5.74) is 19.6. The summed E-state index contributed by atoms with van der Waals surface area (Å²) in [6, 6.07) is 26.3. The molecule has 240 valence electrons. The number of hydrogen-bond donors (Lipinski definition) is 0. The van der Waals surface area contributed by atoms with Crippen molar-refractivity contribution in [2.45, 2.75) is 88.9 Å². The van der Waals surface area contributed by atoms with Crippen molar-refractivity contribution in [1.29, 1.82) is 0 Å². The van der Waals surface area contributed by atoms with Gasteiger partial charge in [-0.2, -0.15) is 0 Å². The molecule has 0 aromatic heterocycles. The van der Waals surface area contributed by atoms with Gasteiger partial charge in [-0.3, -0.25) is 0 Å². The Morgan fingerprint density at radius 1 is 0.625 bits per heavy atom. The fourth-order valence-corrected chi connectivity index (χ4v) is 11.5. The Kier molecular flexibility index (Phi) is 7.21. The second kappa shape index (κ2) is 11.9. The van der Waals surface area contributed by atoms with E-state index < -0.39 is 0 Å². The largest absolute Gasteiger partial charge is 0.0882 e. The van der Waals surface area contributed by atoms with Crippen molar-refractivity contribution in [2.75, 3.05) is 0 Å². The molecule has 0 heterocycles. The van der Waals surface area contributed by atoms with Gasteiger partial charge in [0.15, 0.2) is 0 Å². The van der Waals surface area contributed by atoms with Crippen LogP contribution in [0, 0.1) is 23.7 Å². The number of fused-ring (bicyclic) bond motifs is 5. The third-order valence-corrected chi connectivity index (χ3v) is 13.6. The second-order valence-corrected chi connectivity index (χ2v) is 15.9. The topological polar surface area (TPSA) is 0 Å². The van der Waals surface area contributed by atoms with Crippen LogP contribution in [0.1, 0.15) is 102 Å². The zero-order valence-electron chi connectivity index (χ0n) is 28.3. The van der Waals surface area contributed by atoms with Gasteiger partial charge in [0.05, 0.1) is 0 Å². The van der Waals surface area contributed by atoms with Gasteiger partial charge < -0.3 is 0 Å². The van der Waals surface area contributed by atoms with Crippen LogP contribution in [0.5, 0.6) is 0 Å². The van der Waals surface area contributed by atoms with Gasteiger partial charge in [0.2, 0.25) is 0 Å². The molecule has 3 aromatic carbocycles. The lowest BCUT2D eigenvalue weighted by Gasteiger charge is -2.49. The smallest absolute Gasteiger partial charge is 0.0123 e. The molecule has 0 aliphatic heterocycles. The van der Waals surface area contributed by atoms with E-state index in [0.29, 0.717) is 29.6 Å². The molecule has 0 heteroatoms. The van der Waals surface area contributed by atoms with Crippen LogP contribution in [0.25, 0.3) is 5.57 Å². The van der Waals surface area contributed by atoms with Crippen molar-refractivity contribution < 1.29 is 0 Å². The van der Waals surface area contributed by atoms with Gasteiger partial charge in [0.1, 0.15) is 0 Å². The van der Waals surface area contributed by atoms with Gasteiger partial charge >= 0.3 is 0 Å². The minimum Gasteiger partial charge on any atom is -0.0882 e. The zero-order valence-corrected chi connectivity index (χ0v) is 28.3. The van der Waals surface area contributed by atoms with Gasteiger partial charge in [0.25, 0.3) is 0 Å². The summed E-state index contributed by atoms with van der Waals surface area (Å²) in [6.45, 7) is 0. The highest BCUT2D eigenvalue weighted by Gasteiger charge is 2.47. The number of rotatable bonds is 3. The van der Waals surface area contributed by atoms with E-state index in [0.717, 1.165) is 5.92 Å². The van der Waals surface area contributed by atoms with Crippen LogP contribution in [0.2, 0.25) is 0 Å². The summed E-state index contributed by atoms with van der Waals surface area (Å²) in [5.74, 6) is 3.33. The van der Waals surface area contributed by atoms with Crippen molar-refractivity contribution in [3.63, 3.8) is 0 Å². The molecule has 7 aliphatic carbocycles. The third-order valence-electron chi connectivity index (χ3n) is 13.6. The minimum atomic E-state index is 0.418. The van der Waals surface area contributed by atoms with E-state index in [9.17, 15) is 0 Å². The maximum Gasteiger partial charge on any atom is 0.0123 e. The van der Waals surface area contributed by atoms with Crippen molar-refractivity contribution in [2.24, 2.45) is 23.7 Å². The second-order valence-electron chi connectivity index (χ2n) is 15.9. The van der Waals surface area contributed by atoms with Crippen LogP contribution >= 0.6 is 0 Å². The SMILES string of the molecule is C1=CC2=C(c3cccc4c3CCCC4)C3=CC4=C(CC5CC=CCC5C4c4ccccc4)CC3C(c3cccc4c3CCCC4)C2C=C1. The Morgan fingerprint density at radius 2 is 1.40 bits per heavy atom. The lowest BCUT2D eigenvalue weighted by Crippen LogP contribution is -2.37. The number of allylic oxidation sites excluding steroid dienone is 12.